The van der Waals surface area contributed by atoms with Crippen LogP contribution in [0.5, 0.6) is 0 Å². The lowest BCUT2D eigenvalue weighted by Crippen LogP contribution is -2.17. The maximum absolute atomic E-state index is 11.2. The fraction of sp³-hybridized carbons (Fsp3) is 0.538. The van der Waals surface area contributed by atoms with Gasteiger partial charge in [0, 0.05) is 12.0 Å². The Bertz CT molecular complexity index is 358. The molecule has 0 aromatic carbocycles. The molecule has 0 N–H and O–H groups in total. The van der Waals surface area contributed by atoms with Crippen LogP contribution in [0.25, 0.3) is 0 Å². The van der Waals surface area contributed by atoms with Crippen molar-refractivity contribution in [1.29, 1.82) is 0 Å². The number of aldehydes is 1. The molecule has 1 fully saturated rings. The Morgan fingerprint density at radius 1 is 1.41 bits per heavy atom. The maximum atomic E-state index is 11.2. The van der Waals surface area contributed by atoms with Crippen LogP contribution in [0.4, 0.5) is 0 Å². The molecule has 2 rings (SSSR count). The van der Waals surface area contributed by atoms with Crippen molar-refractivity contribution in [2.75, 3.05) is 6.61 Å². The van der Waals surface area contributed by atoms with E-state index < -0.39 is 5.97 Å². The van der Waals surface area contributed by atoms with Gasteiger partial charge >= 0.3 is 5.97 Å². The molecule has 2 bridgehead atoms. The number of rotatable bonds is 6. The Kier molecular flexibility index (Phi) is 3.74. The monoisotopic (exact) mass is 236 g/mol. The lowest BCUT2D eigenvalue weighted by molar-refractivity contribution is -0.275. The lowest BCUT2D eigenvalue weighted by atomic mass is 9.95. The van der Waals surface area contributed by atoms with Crippen molar-refractivity contribution in [3.63, 3.8) is 0 Å². The van der Waals surface area contributed by atoms with Gasteiger partial charge in [-0.05, 0) is 30.6 Å². The Morgan fingerprint density at radius 3 is 2.82 bits per heavy atom. The minimum Gasteiger partial charge on any atom is -0.303 e. The summed E-state index contributed by atoms with van der Waals surface area (Å²) in [6, 6.07) is 0. The number of carbonyl (C=O) groups is 2. The second kappa shape index (κ2) is 5.27. The molecule has 0 radical (unpaired) electrons. The van der Waals surface area contributed by atoms with E-state index in [4.69, 9.17) is 4.89 Å². The molecule has 0 saturated heterocycles. The van der Waals surface area contributed by atoms with Crippen molar-refractivity contribution < 1.29 is 19.4 Å². The van der Waals surface area contributed by atoms with Gasteiger partial charge in [0.05, 0.1) is 6.61 Å². The molecule has 0 aromatic rings. The molecular formula is C13H16O4. The predicted octanol–water partition coefficient (Wildman–Crippen LogP) is 1.82. The van der Waals surface area contributed by atoms with Gasteiger partial charge in [-0.1, -0.05) is 18.7 Å². The van der Waals surface area contributed by atoms with E-state index >= 15 is 0 Å². The zero-order valence-electron chi connectivity index (χ0n) is 9.63. The van der Waals surface area contributed by atoms with Crippen LogP contribution < -0.4 is 0 Å². The zero-order chi connectivity index (χ0) is 12.3. The summed E-state index contributed by atoms with van der Waals surface area (Å²) >= 11 is 0. The molecule has 1 saturated carbocycles. The van der Waals surface area contributed by atoms with Crippen LogP contribution in [-0.4, -0.2) is 18.9 Å². The molecule has 0 aromatic heterocycles. The minimum absolute atomic E-state index is 0.0148. The van der Waals surface area contributed by atoms with Gasteiger partial charge in [0.1, 0.15) is 6.29 Å². The van der Waals surface area contributed by atoms with Crippen LogP contribution in [0.1, 0.15) is 19.3 Å². The Labute approximate surface area is 100 Å². The second-order valence-corrected chi connectivity index (χ2v) is 4.67. The lowest BCUT2D eigenvalue weighted by Gasteiger charge is -2.16. The fourth-order valence-electron chi connectivity index (χ4n) is 2.50. The second-order valence-electron chi connectivity index (χ2n) is 4.67. The van der Waals surface area contributed by atoms with Crippen molar-refractivity contribution in [1.82, 2.24) is 0 Å². The van der Waals surface area contributed by atoms with E-state index in [1.165, 1.54) is 6.42 Å². The molecule has 4 heteroatoms. The normalized spacial score (nSPS) is 29.3. The molecule has 2 aliphatic rings. The highest BCUT2D eigenvalue weighted by atomic mass is 17.2. The molecule has 92 valence electrons. The van der Waals surface area contributed by atoms with Gasteiger partial charge in [-0.2, -0.15) is 4.89 Å². The standard InChI is InChI=1S/C13H16O4/c1-9(4-5-14)13(15)17-16-8-12-7-10-2-3-11(12)6-10/h2-3,5,10-12H,1,4,6-8H2. The molecule has 0 heterocycles. The fourth-order valence-corrected chi connectivity index (χ4v) is 2.50. The third kappa shape index (κ3) is 2.82. The van der Waals surface area contributed by atoms with Gasteiger partial charge in [0.25, 0.3) is 0 Å². The van der Waals surface area contributed by atoms with Crippen LogP contribution in [0.15, 0.2) is 24.3 Å². The molecule has 0 spiro atoms. The van der Waals surface area contributed by atoms with E-state index in [0.29, 0.717) is 30.6 Å². The predicted molar refractivity (Wildman–Crippen MR) is 60.7 cm³/mol. The number of fused-ring (bicyclic) bond motifs is 2. The summed E-state index contributed by atoms with van der Waals surface area (Å²) in [7, 11) is 0. The Hall–Kier alpha value is -1.42. The van der Waals surface area contributed by atoms with E-state index in [0.717, 1.165) is 6.42 Å². The summed E-state index contributed by atoms with van der Waals surface area (Å²) < 4.78 is 0. The molecular weight excluding hydrogens is 220 g/mol. The van der Waals surface area contributed by atoms with Crippen LogP contribution >= 0.6 is 0 Å². The van der Waals surface area contributed by atoms with Crippen LogP contribution in [0.3, 0.4) is 0 Å². The van der Waals surface area contributed by atoms with E-state index in [1.807, 2.05) is 0 Å². The summed E-state index contributed by atoms with van der Waals surface area (Å²) in [4.78, 5) is 31.0. The third-order valence-electron chi connectivity index (χ3n) is 3.45. The Balaban J connectivity index is 1.66. The topological polar surface area (TPSA) is 52.6 Å². The van der Waals surface area contributed by atoms with E-state index in [9.17, 15) is 9.59 Å². The van der Waals surface area contributed by atoms with Crippen molar-refractivity contribution in [2.24, 2.45) is 17.8 Å². The van der Waals surface area contributed by atoms with Gasteiger partial charge in [-0.25, -0.2) is 4.79 Å². The first-order valence-corrected chi connectivity index (χ1v) is 5.84. The summed E-state index contributed by atoms with van der Waals surface area (Å²) in [6.45, 7) is 3.86. The first-order chi connectivity index (χ1) is 8.20. The molecule has 0 amide bonds. The third-order valence-corrected chi connectivity index (χ3v) is 3.45. The van der Waals surface area contributed by atoms with Crippen molar-refractivity contribution >= 4 is 12.3 Å². The van der Waals surface area contributed by atoms with Gasteiger partial charge in [-0.15, -0.1) is 0 Å². The van der Waals surface area contributed by atoms with Crippen LogP contribution in [-0.2, 0) is 19.4 Å². The molecule has 3 atom stereocenters. The van der Waals surface area contributed by atoms with Gasteiger partial charge in [0.15, 0.2) is 0 Å². The van der Waals surface area contributed by atoms with Crippen LogP contribution in [0, 0.1) is 17.8 Å². The van der Waals surface area contributed by atoms with Crippen molar-refractivity contribution in [3.05, 3.63) is 24.3 Å². The average Bonchev–Trinajstić information content (AvgIpc) is 2.91. The minimum atomic E-state index is -0.657. The SMILES string of the molecule is C=C(CC=O)C(=O)OOCC1CC2C=CC1C2. The van der Waals surface area contributed by atoms with Gasteiger partial charge in [-0.3, -0.25) is 4.89 Å². The van der Waals surface area contributed by atoms with Gasteiger partial charge < -0.3 is 4.79 Å². The summed E-state index contributed by atoms with van der Waals surface area (Å²) in [6.07, 6.45) is 7.37. The van der Waals surface area contributed by atoms with Crippen molar-refractivity contribution in [2.45, 2.75) is 19.3 Å². The number of hydrogen-bond donors (Lipinski definition) is 0. The van der Waals surface area contributed by atoms with Gasteiger partial charge in [0.2, 0.25) is 0 Å². The molecule has 3 unspecified atom stereocenters. The molecule has 0 aliphatic heterocycles. The highest BCUT2D eigenvalue weighted by Crippen LogP contribution is 2.43. The molecule has 17 heavy (non-hydrogen) atoms. The highest BCUT2D eigenvalue weighted by Gasteiger charge is 2.36. The Morgan fingerprint density at radius 2 is 2.24 bits per heavy atom. The van der Waals surface area contributed by atoms with Crippen LogP contribution in [0.2, 0.25) is 0 Å². The quantitative estimate of drug-likeness (QED) is 0.232. The van der Waals surface area contributed by atoms with E-state index in [1.54, 1.807) is 0 Å². The summed E-state index contributed by atoms with van der Waals surface area (Å²) in [5, 5.41) is 0. The average molecular weight is 236 g/mol. The maximum Gasteiger partial charge on any atom is 0.368 e. The first-order valence-electron chi connectivity index (χ1n) is 5.84. The number of hydrogen-bond acceptors (Lipinski definition) is 4. The first kappa shape index (κ1) is 12.0. The largest absolute Gasteiger partial charge is 0.368 e. The van der Waals surface area contributed by atoms with E-state index in [-0.39, 0.29) is 12.0 Å². The summed E-state index contributed by atoms with van der Waals surface area (Å²) in [5.74, 6) is 1.03. The van der Waals surface area contributed by atoms with Crippen molar-refractivity contribution in [3.8, 4) is 0 Å². The zero-order valence-corrected chi connectivity index (χ0v) is 9.63. The highest BCUT2D eigenvalue weighted by molar-refractivity contribution is 5.90. The number of carbonyl (C=O) groups excluding carboxylic acids is 2. The molecule has 2 aliphatic carbocycles. The summed E-state index contributed by atoms with van der Waals surface area (Å²) in [5.41, 5.74) is 0.118. The molecule has 4 nitrogen and oxygen atoms in total. The van der Waals surface area contributed by atoms with E-state index in [2.05, 4.69) is 23.6 Å². The smallest absolute Gasteiger partial charge is 0.303 e. The number of allylic oxidation sites excluding steroid dienone is 2.